The summed E-state index contributed by atoms with van der Waals surface area (Å²) in [6.45, 7) is 13.9. The molecule has 0 amide bonds. The van der Waals surface area contributed by atoms with Gasteiger partial charge in [0, 0.05) is 6.54 Å². The average Bonchev–Trinajstić information content (AvgIpc) is 2.32. The van der Waals surface area contributed by atoms with Gasteiger partial charge in [0.1, 0.15) is 0 Å². The van der Waals surface area contributed by atoms with E-state index >= 15 is 0 Å². The van der Waals surface area contributed by atoms with Crippen LogP contribution in [0.5, 0.6) is 0 Å². The molecule has 0 bridgehead atoms. The Bertz CT molecular complexity index is 156. The molecule has 0 aromatic carbocycles. The lowest BCUT2D eigenvalue weighted by molar-refractivity contribution is 0.209. The van der Waals surface area contributed by atoms with E-state index in [1.807, 2.05) is 0 Å². The van der Waals surface area contributed by atoms with Crippen molar-refractivity contribution in [2.75, 3.05) is 13.1 Å². The predicted octanol–water partition coefficient (Wildman–Crippen LogP) is 4.62. The minimum absolute atomic E-state index is 0.504. The van der Waals surface area contributed by atoms with Gasteiger partial charge in [-0.3, -0.25) is 0 Å². The molecule has 0 aromatic rings. The molecule has 0 aromatic heterocycles. The van der Waals surface area contributed by atoms with Gasteiger partial charge in [0.25, 0.3) is 0 Å². The van der Waals surface area contributed by atoms with Gasteiger partial charge in [-0.05, 0) is 30.7 Å². The highest BCUT2D eigenvalue weighted by Gasteiger charge is 2.24. The minimum Gasteiger partial charge on any atom is -0.316 e. The van der Waals surface area contributed by atoms with E-state index < -0.39 is 0 Å². The summed E-state index contributed by atoms with van der Waals surface area (Å²) >= 11 is 0. The lowest BCUT2D eigenvalue weighted by Gasteiger charge is -2.32. The number of unbranched alkanes of at least 4 members (excludes halogenated alkanes) is 1. The maximum atomic E-state index is 3.53. The SMILES string of the molecule is CCCCC(CC)CC(C)(CC)CNCC. The van der Waals surface area contributed by atoms with Crippen LogP contribution in [-0.4, -0.2) is 13.1 Å². The summed E-state index contributed by atoms with van der Waals surface area (Å²) in [5, 5.41) is 3.53. The van der Waals surface area contributed by atoms with E-state index in [0.717, 1.165) is 12.5 Å². The van der Waals surface area contributed by atoms with Gasteiger partial charge in [0.2, 0.25) is 0 Å². The molecule has 0 aliphatic rings. The van der Waals surface area contributed by atoms with Crippen LogP contribution in [0.1, 0.15) is 73.1 Å². The van der Waals surface area contributed by atoms with E-state index in [2.05, 4.69) is 39.9 Å². The quantitative estimate of drug-likeness (QED) is 0.574. The largest absolute Gasteiger partial charge is 0.316 e. The third-order valence-corrected chi connectivity index (χ3v) is 3.98. The Labute approximate surface area is 103 Å². The monoisotopic (exact) mass is 227 g/mol. The average molecular weight is 227 g/mol. The normalized spacial score (nSPS) is 17.1. The van der Waals surface area contributed by atoms with Crippen molar-refractivity contribution in [2.45, 2.75) is 73.1 Å². The maximum Gasteiger partial charge on any atom is 0.000504 e. The molecule has 1 heteroatoms. The van der Waals surface area contributed by atoms with E-state index in [0.29, 0.717) is 5.41 Å². The molecule has 0 saturated heterocycles. The molecule has 1 nitrogen and oxygen atoms in total. The molecule has 98 valence electrons. The molecule has 16 heavy (non-hydrogen) atoms. The molecule has 0 saturated carbocycles. The van der Waals surface area contributed by atoms with Crippen LogP contribution < -0.4 is 5.32 Å². The van der Waals surface area contributed by atoms with Crippen LogP contribution in [-0.2, 0) is 0 Å². The second-order valence-corrected chi connectivity index (χ2v) is 5.57. The molecular formula is C15H33N. The zero-order valence-corrected chi connectivity index (χ0v) is 12.2. The van der Waals surface area contributed by atoms with Crippen molar-refractivity contribution >= 4 is 0 Å². The standard InChI is InChI=1S/C15H33N/c1-6-10-11-14(7-2)12-15(5,8-3)13-16-9-4/h14,16H,6-13H2,1-5H3. The summed E-state index contributed by atoms with van der Waals surface area (Å²) in [5.74, 6) is 0.934. The zero-order valence-electron chi connectivity index (χ0n) is 12.2. The van der Waals surface area contributed by atoms with Crippen molar-refractivity contribution in [3.63, 3.8) is 0 Å². The maximum absolute atomic E-state index is 3.53. The Hall–Kier alpha value is -0.0400. The minimum atomic E-state index is 0.504. The van der Waals surface area contributed by atoms with Gasteiger partial charge in [-0.25, -0.2) is 0 Å². The van der Waals surface area contributed by atoms with Gasteiger partial charge in [-0.1, -0.05) is 60.3 Å². The van der Waals surface area contributed by atoms with Crippen LogP contribution in [0.3, 0.4) is 0 Å². The van der Waals surface area contributed by atoms with E-state index in [-0.39, 0.29) is 0 Å². The third kappa shape index (κ3) is 6.52. The second kappa shape index (κ2) is 9.04. The summed E-state index contributed by atoms with van der Waals surface area (Å²) in [6, 6.07) is 0. The number of hydrogen-bond donors (Lipinski definition) is 1. The molecule has 0 spiro atoms. The van der Waals surface area contributed by atoms with Crippen LogP contribution in [0.15, 0.2) is 0 Å². The summed E-state index contributed by atoms with van der Waals surface area (Å²) < 4.78 is 0. The molecule has 0 aliphatic carbocycles. The Morgan fingerprint density at radius 3 is 2.25 bits per heavy atom. The van der Waals surface area contributed by atoms with E-state index in [4.69, 9.17) is 0 Å². The molecule has 2 unspecified atom stereocenters. The topological polar surface area (TPSA) is 12.0 Å². The summed E-state index contributed by atoms with van der Waals surface area (Å²) in [7, 11) is 0. The molecule has 0 aliphatic heterocycles. The van der Waals surface area contributed by atoms with Gasteiger partial charge in [0.05, 0.1) is 0 Å². The zero-order chi connectivity index (χ0) is 12.4. The van der Waals surface area contributed by atoms with Gasteiger partial charge in [-0.15, -0.1) is 0 Å². The number of rotatable bonds is 10. The highest BCUT2D eigenvalue weighted by Crippen LogP contribution is 2.32. The Morgan fingerprint density at radius 2 is 1.81 bits per heavy atom. The summed E-state index contributed by atoms with van der Waals surface area (Å²) in [6.07, 6.45) is 8.21. The number of nitrogens with one attached hydrogen (secondary N) is 1. The molecule has 0 rings (SSSR count). The van der Waals surface area contributed by atoms with Crippen LogP contribution in [0.2, 0.25) is 0 Å². The molecule has 1 N–H and O–H groups in total. The molecule has 0 heterocycles. The van der Waals surface area contributed by atoms with Crippen LogP contribution in [0.25, 0.3) is 0 Å². The highest BCUT2D eigenvalue weighted by atomic mass is 14.9. The van der Waals surface area contributed by atoms with Crippen molar-refractivity contribution in [1.29, 1.82) is 0 Å². The first-order chi connectivity index (χ1) is 7.61. The van der Waals surface area contributed by atoms with Crippen molar-refractivity contribution in [3.05, 3.63) is 0 Å². The Balaban J connectivity index is 4.12. The Morgan fingerprint density at radius 1 is 1.12 bits per heavy atom. The van der Waals surface area contributed by atoms with Gasteiger partial charge in [0.15, 0.2) is 0 Å². The van der Waals surface area contributed by atoms with Crippen molar-refractivity contribution < 1.29 is 0 Å². The highest BCUT2D eigenvalue weighted by molar-refractivity contribution is 4.78. The Kier molecular flexibility index (Phi) is 9.02. The van der Waals surface area contributed by atoms with Crippen LogP contribution >= 0.6 is 0 Å². The first-order valence-electron chi connectivity index (χ1n) is 7.32. The first kappa shape index (κ1) is 16.0. The summed E-state index contributed by atoms with van der Waals surface area (Å²) in [5.41, 5.74) is 0.504. The lowest BCUT2D eigenvalue weighted by atomic mass is 9.76. The molecule has 0 radical (unpaired) electrons. The molecular weight excluding hydrogens is 194 g/mol. The predicted molar refractivity (Wildman–Crippen MR) is 74.9 cm³/mol. The van der Waals surface area contributed by atoms with Crippen molar-refractivity contribution in [1.82, 2.24) is 5.32 Å². The number of hydrogen-bond acceptors (Lipinski definition) is 1. The molecule has 0 fully saturated rings. The third-order valence-electron chi connectivity index (χ3n) is 3.98. The van der Waals surface area contributed by atoms with E-state index in [1.165, 1.54) is 45.1 Å². The van der Waals surface area contributed by atoms with Crippen molar-refractivity contribution in [3.8, 4) is 0 Å². The van der Waals surface area contributed by atoms with Crippen LogP contribution in [0, 0.1) is 11.3 Å². The van der Waals surface area contributed by atoms with Gasteiger partial charge in [-0.2, -0.15) is 0 Å². The van der Waals surface area contributed by atoms with E-state index in [1.54, 1.807) is 0 Å². The van der Waals surface area contributed by atoms with E-state index in [9.17, 15) is 0 Å². The lowest BCUT2D eigenvalue weighted by Crippen LogP contribution is -2.33. The second-order valence-electron chi connectivity index (χ2n) is 5.57. The fourth-order valence-electron chi connectivity index (χ4n) is 2.41. The summed E-state index contributed by atoms with van der Waals surface area (Å²) in [4.78, 5) is 0. The first-order valence-corrected chi connectivity index (χ1v) is 7.32. The fraction of sp³-hybridized carbons (Fsp3) is 1.00. The smallest absolute Gasteiger partial charge is 0.000504 e. The van der Waals surface area contributed by atoms with Gasteiger partial charge < -0.3 is 5.32 Å². The molecule has 2 atom stereocenters. The van der Waals surface area contributed by atoms with Crippen LogP contribution in [0.4, 0.5) is 0 Å². The van der Waals surface area contributed by atoms with Crippen molar-refractivity contribution in [2.24, 2.45) is 11.3 Å². The van der Waals surface area contributed by atoms with Gasteiger partial charge >= 0.3 is 0 Å². The fourth-order valence-corrected chi connectivity index (χ4v) is 2.41.